The monoisotopic (exact) mass is 259 g/mol. The van der Waals surface area contributed by atoms with Crippen LogP contribution in [0.1, 0.15) is 0 Å². The van der Waals surface area contributed by atoms with Gasteiger partial charge in [-0.1, -0.05) is 0 Å². The number of sulfone groups is 1. The van der Waals surface area contributed by atoms with Crippen LogP contribution in [-0.4, -0.2) is 49.4 Å². The summed E-state index contributed by atoms with van der Waals surface area (Å²) in [6, 6.07) is 1.32. The predicted molar refractivity (Wildman–Crippen MR) is 61.7 cm³/mol. The molecule has 0 bridgehead atoms. The highest BCUT2D eigenvalue weighted by Crippen LogP contribution is 2.10. The molecule has 2 rings (SSSR count). The number of aromatic amines is 1. The van der Waals surface area contributed by atoms with Gasteiger partial charge in [-0.25, -0.2) is 13.5 Å². The number of nitrogens with one attached hydrogen (secondary N) is 2. The Morgan fingerprint density at radius 1 is 1.59 bits per heavy atom. The molecule has 1 atom stereocenters. The van der Waals surface area contributed by atoms with E-state index in [0.717, 1.165) is 0 Å². The van der Waals surface area contributed by atoms with Crippen LogP contribution in [-0.2, 0) is 14.6 Å². The lowest BCUT2D eigenvalue weighted by Gasteiger charge is -2.22. The summed E-state index contributed by atoms with van der Waals surface area (Å²) >= 11 is 0. The molecule has 2 heterocycles. The van der Waals surface area contributed by atoms with Crippen LogP contribution in [0.2, 0.25) is 0 Å². The Balaban J connectivity index is 2.00. The lowest BCUT2D eigenvalue weighted by molar-refractivity contribution is 0.140. The van der Waals surface area contributed by atoms with E-state index in [1.165, 1.54) is 12.3 Å². The molecule has 0 unspecified atom stereocenters. The van der Waals surface area contributed by atoms with E-state index in [1.54, 1.807) is 0 Å². The molecule has 0 amide bonds. The molecule has 17 heavy (non-hydrogen) atoms. The maximum atomic E-state index is 11.7. The minimum atomic E-state index is -3.10. The first-order valence-electron chi connectivity index (χ1n) is 5.16. The maximum absolute atomic E-state index is 11.7. The molecule has 1 aliphatic heterocycles. The third-order valence-corrected chi connectivity index (χ3v) is 4.58. The number of rotatable bonds is 3. The second-order valence-electron chi connectivity index (χ2n) is 3.78. The molecule has 1 saturated heterocycles. The van der Waals surface area contributed by atoms with Crippen LogP contribution in [0.15, 0.2) is 17.1 Å². The largest absolute Gasteiger partial charge is 0.382 e. The second kappa shape index (κ2) is 4.84. The summed E-state index contributed by atoms with van der Waals surface area (Å²) in [6.45, 7) is 0.658. The quantitative estimate of drug-likeness (QED) is 0.721. The molecule has 0 radical (unpaired) electrons. The summed E-state index contributed by atoms with van der Waals surface area (Å²) in [5, 5.41) is 8.14. The first-order chi connectivity index (χ1) is 8.08. The Labute approximate surface area is 98.1 Å². The van der Waals surface area contributed by atoms with Crippen molar-refractivity contribution in [3.8, 4) is 0 Å². The molecule has 94 valence electrons. The molecule has 1 aliphatic rings. The van der Waals surface area contributed by atoms with Gasteiger partial charge < -0.3 is 10.1 Å². The van der Waals surface area contributed by atoms with Crippen LogP contribution in [0.25, 0.3) is 0 Å². The average molecular weight is 259 g/mol. The third-order valence-electron chi connectivity index (χ3n) is 2.52. The van der Waals surface area contributed by atoms with Gasteiger partial charge in [0.05, 0.1) is 30.9 Å². The summed E-state index contributed by atoms with van der Waals surface area (Å²) < 4.78 is 28.5. The van der Waals surface area contributed by atoms with E-state index in [2.05, 4.69) is 15.5 Å². The molecular weight excluding hydrogens is 246 g/mol. The van der Waals surface area contributed by atoms with E-state index in [-0.39, 0.29) is 31.1 Å². The highest BCUT2D eigenvalue weighted by atomic mass is 32.2. The summed E-state index contributed by atoms with van der Waals surface area (Å²) in [5.41, 5.74) is 0.160. The molecule has 0 spiro atoms. The van der Waals surface area contributed by atoms with Crippen LogP contribution in [0.3, 0.4) is 0 Å². The van der Waals surface area contributed by atoms with Crippen molar-refractivity contribution in [1.29, 1.82) is 0 Å². The van der Waals surface area contributed by atoms with E-state index < -0.39 is 15.1 Å². The molecule has 1 fully saturated rings. The Morgan fingerprint density at radius 3 is 3.12 bits per heavy atom. The lowest BCUT2D eigenvalue weighted by Crippen LogP contribution is -2.40. The zero-order valence-electron chi connectivity index (χ0n) is 9.05. The molecule has 0 saturated carbocycles. The highest BCUT2D eigenvalue weighted by molar-refractivity contribution is 7.92. The van der Waals surface area contributed by atoms with Gasteiger partial charge in [-0.3, -0.25) is 4.79 Å². The number of H-pyrrole nitrogens is 1. The van der Waals surface area contributed by atoms with Crippen molar-refractivity contribution in [3.63, 3.8) is 0 Å². The third kappa shape index (κ3) is 3.04. The van der Waals surface area contributed by atoms with Crippen molar-refractivity contribution in [3.05, 3.63) is 22.6 Å². The number of anilines is 1. The standard InChI is InChI=1S/C9H13N3O4S/c13-9-3-7(4-11-12-9)10-5-8-6-16-1-2-17(8,14)15/h3-4,8H,1-2,5-6H2,(H2,10,12,13)/t8-/m0/s1. The SMILES string of the molecule is O=c1cc(NC[C@H]2COCCS2(=O)=O)cn[nH]1. The summed E-state index contributed by atoms with van der Waals surface area (Å²) in [4.78, 5) is 11.0. The topological polar surface area (TPSA) is 101 Å². The van der Waals surface area contributed by atoms with Gasteiger partial charge in [-0.05, 0) is 0 Å². The number of hydrogen-bond donors (Lipinski definition) is 2. The minimum Gasteiger partial charge on any atom is -0.382 e. The fraction of sp³-hybridized carbons (Fsp3) is 0.556. The molecule has 7 nitrogen and oxygen atoms in total. The Morgan fingerprint density at radius 2 is 2.41 bits per heavy atom. The Bertz CT molecular complexity index is 539. The normalized spacial score (nSPS) is 23.2. The van der Waals surface area contributed by atoms with E-state index in [0.29, 0.717) is 5.69 Å². The lowest BCUT2D eigenvalue weighted by atomic mass is 10.4. The van der Waals surface area contributed by atoms with Crippen molar-refractivity contribution in [2.24, 2.45) is 0 Å². The van der Waals surface area contributed by atoms with Crippen molar-refractivity contribution < 1.29 is 13.2 Å². The summed E-state index contributed by atoms with van der Waals surface area (Å²) in [6.07, 6.45) is 1.43. The average Bonchev–Trinajstić information content (AvgIpc) is 2.27. The minimum absolute atomic E-state index is 0.0486. The van der Waals surface area contributed by atoms with E-state index >= 15 is 0 Å². The van der Waals surface area contributed by atoms with E-state index in [1.807, 2.05) is 0 Å². The summed E-state index contributed by atoms with van der Waals surface area (Å²) in [7, 11) is -3.10. The first-order valence-corrected chi connectivity index (χ1v) is 6.87. The number of nitrogens with zero attached hydrogens (tertiary/aromatic N) is 1. The molecule has 8 heteroatoms. The van der Waals surface area contributed by atoms with Gasteiger partial charge in [-0.2, -0.15) is 5.10 Å². The van der Waals surface area contributed by atoms with Gasteiger partial charge in [0.1, 0.15) is 5.25 Å². The van der Waals surface area contributed by atoms with E-state index in [9.17, 15) is 13.2 Å². The number of ether oxygens (including phenoxy) is 1. The van der Waals surface area contributed by atoms with Crippen LogP contribution < -0.4 is 10.9 Å². The van der Waals surface area contributed by atoms with E-state index in [4.69, 9.17) is 4.74 Å². The van der Waals surface area contributed by atoms with Crippen LogP contribution in [0.5, 0.6) is 0 Å². The van der Waals surface area contributed by atoms with Crippen molar-refractivity contribution in [1.82, 2.24) is 10.2 Å². The van der Waals surface area contributed by atoms with Gasteiger partial charge in [0, 0.05) is 12.6 Å². The number of hydrogen-bond acceptors (Lipinski definition) is 6. The Hall–Kier alpha value is -1.41. The smallest absolute Gasteiger partial charge is 0.266 e. The molecule has 1 aromatic rings. The zero-order chi connectivity index (χ0) is 12.3. The fourth-order valence-electron chi connectivity index (χ4n) is 1.55. The molecule has 2 N–H and O–H groups in total. The number of aromatic nitrogens is 2. The van der Waals surface area contributed by atoms with Crippen molar-refractivity contribution in [2.45, 2.75) is 5.25 Å². The Kier molecular flexibility index (Phi) is 3.43. The van der Waals surface area contributed by atoms with Crippen LogP contribution >= 0.6 is 0 Å². The summed E-state index contributed by atoms with van der Waals surface area (Å²) in [5.74, 6) is 0.0486. The fourth-order valence-corrected chi connectivity index (χ4v) is 2.87. The highest BCUT2D eigenvalue weighted by Gasteiger charge is 2.29. The van der Waals surface area contributed by atoms with Crippen LogP contribution in [0.4, 0.5) is 5.69 Å². The van der Waals surface area contributed by atoms with Gasteiger partial charge >= 0.3 is 0 Å². The van der Waals surface area contributed by atoms with Crippen molar-refractivity contribution in [2.75, 3.05) is 30.8 Å². The van der Waals surface area contributed by atoms with Gasteiger partial charge in [-0.15, -0.1) is 0 Å². The molecule has 0 aromatic carbocycles. The maximum Gasteiger partial charge on any atom is 0.266 e. The van der Waals surface area contributed by atoms with Crippen LogP contribution in [0, 0.1) is 0 Å². The zero-order valence-corrected chi connectivity index (χ0v) is 9.87. The first kappa shape index (κ1) is 12.1. The van der Waals surface area contributed by atoms with Gasteiger partial charge in [0.2, 0.25) is 0 Å². The molecule has 1 aromatic heterocycles. The predicted octanol–water partition coefficient (Wildman–Crippen LogP) is -1.00. The van der Waals surface area contributed by atoms with Gasteiger partial charge in [0.25, 0.3) is 5.56 Å². The van der Waals surface area contributed by atoms with Gasteiger partial charge in [0.15, 0.2) is 9.84 Å². The molecular formula is C9H13N3O4S. The second-order valence-corrected chi connectivity index (χ2v) is 6.18. The molecule has 0 aliphatic carbocycles. The van der Waals surface area contributed by atoms with Crippen molar-refractivity contribution >= 4 is 15.5 Å².